The molecule has 0 aliphatic heterocycles. The van der Waals surface area contributed by atoms with E-state index in [0.717, 1.165) is 0 Å². The number of carboxylic acids is 2. The second-order valence-electron chi connectivity index (χ2n) is 1.48. The van der Waals surface area contributed by atoms with Crippen molar-refractivity contribution in [2.75, 3.05) is 0 Å². The lowest BCUT2D eigenvalue weighted by Crippen LogP contribution is -1.91. The molecule has 0 bridgehead atoms. The lowest BCUT2D eigenvalue weighted by atomic mass is 10.5. The molecule has 0 radical (unpaired) electrons. The minimum Gasteiger partial charge on any atom is -0.478 e. The Bertz CT molecular complexity index is 181. The molecule has 0 aromatic carbocycles. The molecule has 0 aromatic rings. The van der Waals surface area contributed by atoms with Gasteiger partial charge in [0.15, 0.2) is 0 Å². The highest BCUT2D eigenvalue weighted by atomic mass is 16.4. The van der Waals surface area contributed by atoms with E-state index in [4.69, 9.17) is 10.2 Å². The Morgan fingerprint density at radius 2 is 1.17 bits per heavy atom. The van der Waals surface area contributed by atoms with Crippen LogP contribution in [0, 0.1) is 0 Å². The molecule has 0 saturated carbocycles. The van der Waals surface area contributed by atoms with Gasteiger partial charge in [0, 0.05) is 12.2 Å². The van der Waals surface area contributed by atoms with Gasteiger partial charge in [-0.05, 0) is 0 Å². The zero-order valence-electron chi connectivity index (χ0n) is 6.43. The van der Waals surface area contributed by atoms with Crippen molar-refractivity contribution < 1.29 is 19.8 Å². The minimum absolute atomic E-state index is 0.558. The SMILES string of the molecule is C=CC=C.O=C(O)C=CC(=O)O. The molecule has 0 aliphatic rings. The van der Waals surface area contributed by atoms with Gasteiger partial charge < -0.3 is 10.2 Å². The van der Waals surface area contributed by atoms with Crippen LogP contribution in [0.25, 0.3) is 0 Å². The number of rotatable bonds is 3. The van der Waals surface area contributed by atoms with E-state index in [1.807, 2.05) is 0 Å². The van der Waals surface area contributed by atoms with Crippen LogP contribution in [0.15, 0.2) is 37.5 Å². The van der Waals surface area contributed by atoms with E-state index in [0.29, 0.717) is 12.2 Å². The predicted molar refractivity (Wildman–Crippen MR) is 44.8 cm³/mol. The monoisotopic (exact) mass is 170 g/mol. The van der Waals surface area contributed by atoms with Gasteiger partial charge in [-0.15, -0.1) is 0 Å². The molecule has 0 aromatic heterocycles. The molecule has 4 nitrogen and oxygen atoms in total. The Morgan fingerprint density at radius 1 is 0.917 bits per heavy atom. The first kappa shape index (κ1) is 12.8. The topological polar surface area (TPSA) is 74.6 Å². The maximum atomic E-state index is 9.55. The number of aliphatic carboxylic acids is 2. The van der Waals surface area contributed by atoms with Crippen molar-refractivity contribution in [3.8, 4) is 0 Å². The Morgan fingerprint density at radius 3 is 1.25 bits per heavy atom. The number of hydrogen-bond donors (Lipinski definition) is 2. The van der Waals surface area contributed by atoms with Gasteiger partial charge >= 0.3 is 11.9 Å². The zero-order valence-corrected chi connectivity index (χ0v) is 6.43. The van der Waals surface area contributed by atoms with E-state index in [2.05, 4.69) is 13.2 Å². The van der Waals surface area contributed by atoms with E-state index in [1.165, 1.54) is 0 Å². The van der Waals surface area contributed by atoms with Crippen LogP contribution < -0.4 is 0 Å². The standard InChI is InChI=1S/C4H4O4.C4H6/c5-3(6)1-2-4(7)8;1-3-4-2/h1-2H,(H,5,6)(H,7,8);3-4H,1-2H2. The lowest BCUT2D eigenvalue weighted by Gasteiger charge is -1.74. The lowest BCUT2D eigenvalue weighted by molar-refractivity contribution is -0.134. The fourth-order valence-electron chi connectivity index (χ4n) is 0.143. The minimum atomic E-state index is -1.26. The van der Waals surface area contributed by atoms with Crippen LogP contribution in [0.2, 0.25) is 0 Å². The summed E-state index contributed by atoms with van der Waals surface area (Å²) in [6, 6.07) is 0. The molecule has 4 heteroatoms. The van der Waals surface area contributed by atoms with Crippen LogP contribution in [0.3, 0.4) is 0 Å². The highest BCUT2D eigenvalue weighted by Crippen LogP contribution is 1.70. The van der Waals surface area contributed by atoms with Crippen molar-refractivity contribution >= 4 is 11.9 Å². The van der Waals surface area contributed by atoms with Crippen LogP contribution in [-0.2, 0) is 9.59 Å². The van der Waals surface area contributed by atoms with Crippen molar-refractivity contribution in [2.45, 2.75) is 0 Å². The van der Waals surface area contributed by atoms with Crippen LogP contribution in [0.5, 0.6) is 0 Å². The fraction of sp³-hybridized carbons (Fsp3) is 0. The van der Waals surface area contributed by atoms with Crippen molar-refractivity contribution in [3.05, 3.63) is 37.5 Å². The van der Waals surface area contributed by atoms with E-state index in [-0.39, 0.29) is 0 Å². The molecule has 0 amide bonds. The largest absolute Gasteiger partial charge is 0.478 e. The quantitative estimate of drug-likeness (QED) is 0.490. The van der Waals surface area contributed by atoms with E-state index < -0.39 is 11.9 Å². The Labute approximate surface area is 70.1 Å². The predicted octanol–water partition coefficient (Wildman–Crippen LogP) is 1.07. The number of hydrogen-bond acceptors (Lipinski definition) is 2. The fourth-order valence-corrected chi connectivity index (χ4v) is 0.143. The molecule has 0 atom stereocenters. The van der Waals surface area contributed by atoms with E-state index in [9.17, 15) is 9.59 Å². The number of carbonyl (C=O) groups is 2. The summed E-state index contributed by atoms with van der Waals surface area (Å²) in [4.78, 5) is 19.1. The molecule has 12 heavy (non-hydrogen) atoms. The third kappa shape index (κ3) is 24.2. The normalized spacial score (nSPS) is 8.00. The van der Waals surface area contributed by atoms with Crippen LogP contribution >= 0.6 is 0 Å². The van der Waals surface area contributed by atoms with Crippen LogP contribution in [0.4, 0.5) is 0 Å². The summed E-state index contributed by atoms with van der Waals surface area (Å²) in [6.07, 6.45) is 4.39. The number of allylic oxidation sites excluding steroid dienone is 2. The maximum Gasteiger partial charge on any atom is 0.328 e. The highest BCUT2D eigenvalue weighted by Gasteiger charge is 1.88. The summed E-state index contributed by atoms with van der Waals surface area (Å²) in [6.45, 7) is 6.72. The Balaban J connectivity index is 0. The molecule has 0 rings (SSSR count). The molecule has 0 heterocycles. The summed E-state index contributed by atoms with van der Waals surface area (Å²) < 4.78 is 0. The third-order valence-corrected chi connectivity index (χ3v) is 0.535. The first-order valence-corrected chi connectivity index (χ1v) is 2.92. The van der Waals surface area contributed by atoms with Gasteiger partial charge in [-0.1, -0.05) is 25.3 Å². The Hall–Kier alpha value is -1.84. The van der Waals surface area contributed by atoms with E-state index in [1.54, 1.807) is 12.2 Å². The average molecular weight is 170 g/mol. The smallest absolute Gasteiger partial charge is 0.328 e. The van der Waals surface area contributed by atoms with Crippen molar-refractivity contribution in [3.63, 3.8) is 0 Å². The molecular formula is C8H10O4. The molecule has 0 fully saturated rings. The maximum absolute atomic E-state index is 9.55. The molecule has 2 N–H and O–H groups in total. The molecule has 0 spiro atoms. The summed E-state index contributed by atoms with van der Waals surface area (Å²) in [5.74, 6) is -2.51. The first-order chi connectivity index (χ1) is 5.54. The molecule has 0 unspecified atom stereocenters. The summed E-state index contributed by atoms with van der Waals surface area (Å²) in [5, 5.41) is 15.6. The van der Waals surface area contributed by atoms with Crippen molar-refractivity contribution in [2.24, 2.45) is 0 Å². The summed E-state index contributed by atoms with van der Waals surface area (Å²) >= 11 is 0. The summed E-state index contributed by atoms with van der Waals surface area (Å²) in [5.41, 5.74) is 0. The molecule has 0 saturated heterocycles. The first-order valence-electron chi connectivity index (χ1n) is 2.92. The average Bonchev–Trinajstić information content (AvgIpc) is 2.01. The van der Waals surface area contributed by atoms with Crippen molar-refractivity contribution in [1.82, 2.24) is 0 Å². The zero-order chi connectivity index (χ0) is 9.98. The highest BCUT2D eigenvalue weighted by molar-refractivity contribution is 5.89. The third-order valence-electron chi connectivity index (χ3n) is 0.535. The van der Waals surface area contributed by atoms with Gasteiger partial charge in [0.1, 0.15) is 0 Å². The van der Waals surface area contributed by atoms with Crippen molar-refractivity contribution in [1.29, 1.82) is 0 Å². The van der Waals surface area contributed by atoms with Gasteiger partial charge in [-0.3, -0.25) is 0 Å². The molecule has 0 aliphatic carbocycles. The van der Waals surface area contributed by atoms with Gasteiger partial charge in [0.2, 0.25) is 0 Å². The summed E-state index contributed by atoms with van der Waals surface area (Å²) in [7, 11) is 0. The molecular weight excluding hydrogens is 160 g/mol. The second-order valence-corrected chi connectivity index (χ2v) is 1.48. The van der Waals surface area contributed by atoms with Crippen LogP contribution in [-0.4, -0.2) is 22.2 Å². The van der Waals surface area contributed by atoms with Gasteiger partial charge in [0.25, 0.3) is 0 Å². The second kappa shape index (κ2) is 9.16. The van der Waals surface area contributed by atoms with Crippen LogP contribution in [0.1, 0.15) is 0 Å². The van der Waals surface area contributed by atoms with Gasteiger partial charge in [-0.25, -0.2) is 9.59 Å². The Kier molecular flexibility index (Phi) is 9.77. The van der Waals surface area contributed by atoms with Gasteiger partial charge in [-0.2, -0.15) is 0 Å². The van der Waals surface area contributed by atoms with E-state index >= 15 is 0 Å². The molecule has 66 valence electrons. The number of carboxylic acid groups (broad SMARTS) is 2. The van der Waals surface area contributed by atoms with Gasteiger partial charge in [0.05, 0.1) is 0 Å².